The first kappa shape index (κ1) is 13.7. The minimum Gasteiger partial charge on any atom is -0.496 e. The van der Waals surface area contributed by atoms with E-state index < -0.39 is 11.0 Å². The zero-order valence-electron chi connectivity index (χ0n) is 13.7. The standard InChI is InChI=1S/C20H11NO5/c1-24-11-4-2-3-10-14(11)16-13-9(7-12-19(16)26-8-25-12)5-6-21-17(13)15(10)18(22)20(21)23/h2-7H,8H2,1H3. The highest BCUT2D eigenvalue weighted by Crippen LogP contribution is 2.50. The molecule has 6 rings (SSSR count). The summed E-state index contributed by atoms with van der Waals surface area (Å²) < 4.78 is 18.4. The van der Waals surface area contributed by atoms with Crippen LogP contribution in [-0.2, 0) is 0 Å². The highest BCUT2D eigenvalue weighted by Gasteiger charge is 2.30. The van der Waals surface area contributed by atoms with Crippen molar-refractivity contribution < 1.29 is 14.2 Å². The smallest absolute Gasteiger partial charge is 0.303 e. The van der Waals surface area contributed by atoms with Gasteiger partial charge < -0.3 is 14.2 Å². The van der Waals surface area contributed by atoms with Crippen molar-refractivity contribution in [2.24, 2.45) is 0 Å². The first-order chi connectivity index (χ1) is 12.7. The second kappa shape index (κ2) is 4.35. The lowest BCUT2D eigenvalue weighted by molar-refractivity contribution is 0.175. The zero-order chi connectivity index (χ0) is 17.6. The number of fused-ring (bicyclic) bond motifs is 5. The van der Waals surface area contributed by atoms with Crippen LogP contribution < -0.4 is 25.2 Å². The van der Waals surface area contributed by atoms with E-state index in [1.165, 1.54) is 4.57 Å². The molecular weight excluding hydrogens is 334 g/mol. The maximum absolute atomic E-state index is 12.8. The van der Waals surface area contributed by atoms with Crippen LogP contribution in [0.4, 0.5) is 0 Å². The van der Waals surface area contributed by atoms with Crippen molar-refractivity contribution in [1.82, 2.24) is 4.57 Å². The first-order valence-corrected chi connectivity index (χ1v) is 8.16. The number of benzene rings is 3. The molecule has 0 bridgehead atoms. The topological polar surface area (TPSA) is 66.8 Å². The Labute approximate surface area is 145 Å². The number of rotatable bonds is 1. The van der Waals surface area contributed by atoms with Gasteiger partial charge in [-0.2, -0.15) is 0 Å². The Bertz CT molecular complexity index is 1430. The molecule has 0 aliphatic carbocycles. The van der Waals surface area contributed by atoms with Crippen LogP contribution in [-0.4, -0.2) is 18.5 Å². The second-order valence-corrected chi connectivity index (χ2v) is 6.38. The van der Waals surface area contributed by atoms with E-state index in [1.54, 1.807) is 13.3 Å². The van der Waals surface area contributed by atoms with Gasteiger partial charge in [-0.3, -0.25) is 14.2 Å². The Morgan fingerprint density at radius 2 is 1.92 bits per heavy atom. The molecule has 6 heteroatoms. The third-order valence-corrected chi connectivity index (χ3v) is 5.22. The van der Waals surface area contributed by atoms with E-state index in [4.69, 9.17) is 14.2 Å². The van der Waals surface area contributed by atoms with E-state index in [-0.39, 0.29) is 6.79 Å². The molecule has 0 saturated heterocycles. The molecule has 0 radical (unpaired) electrons. The van der Waals surface area contributed by atoms with Crippen LogP contribution in [0.3, 0.4) is 0 Å². The van der Waals surface area contributed by atoms with Crippen molar-refractivity contribution in [2.75, 3.05) is 13.9 Å². The van der Waals surface area contributed by atoms with Crippen LogP contribution in [0, 0.1) is 0 Å². The zero-order valence-corrected chi connectivity index (χ0v) is 13.7. The monoisotopic (exact) mass is 345 g/mol. The molecule has 3 aliphatic rings. The third kappa shape index (κ3) is 1.36. The number of hydrogen-bond donors (Lipinski definition) is 0. The largest absolute Gasteiger partial charge is 0.496 e. The summed E-state index contributed by atoms with van der Waals surface area (Å²) in [5, 5.41) is 4.34. The normalized spacial score (nSPS) is 13.6. The third-order valence-electron chi connectivity index (χ3n) is 5.22. The molecule has 126 valence electrons. The van der Waals surface area contributed by atoms with Crippen molar-refractivity contribution in [1.29, 1.82) is 0 Å². The summed E-state index contributed by atoms with van der Waals surface area (Å²) in [6.07, 6.45) is 1.64. The highest BCUT2D eigenvalue weighted by molar-refractivity contribution is 6.28. The van der Waals surface area contributed by atoms with Crippen molar-refractivity contribution in [3.8, 4) is 22.9 Å². The molecule has 3 heterocycles. The Balaban J connectivity index is 2.10. The fourth-order valence-electron chi connectivity index (χ4n) is 4.19. The lowest BCUT2D eigenvalue weighted by atomic mass is 9.93. The lowest BCUT2D eigenvalue weighted by Crippen LogP contribution is -2.24. The van der Waals surface area contributed by atoms with E-state index in [2.05, 4.69) is 0 Å². The van der Waals surface area contributed by atoms with Gasteiger partial charge in [0.15, 0.2) is 11.5 Å². The molecule has 3 aromatic carbocycles. The van der Waals surface area contributed by atoms with Crippen LogP contribution in [0.1, 0.15) is 0 Å². The van der Waals surface area contributed by atoms with E-state index in [0.29, 0.717) is 33.7 Å². The quantitative estimate of drug-likeness (QED) is 0.265. The van der Waals surface area contributed by atoms with Gasteiger partial charge in [0.2, 0.25) is 6.79 Å². The van der Waals surface area contributed by atoms with E-state index in [9.17, 15) is 9.59 Å². The Morgan fingerprint density at radius 1 is 1.04 bits per heavy atom. The first-order valence-electron chi connectivity index (χ1n) is 8.16. The van der Waals surface area contributed by atoms with Gasteiger partial charge in [-0.15, -0.1) is 0 Å². The van der Waals surface area contributed by atoms with Crippen molar-refractivity contribution in [3.05, 3.63) is 57.1 Å². The van der Waals surface area contributed by atoms with E-state index in [1.807, 2.05) is 30.3 Å². The summed E-state index contributed by atoms with van der Waals surface area (Å²) in [6, 6.07) is 9.19. The minimum absolute atomic E-state index is 0.132. The molecule has 26 heavy (non-hydrogen) atoms. The summed E-state index contributed by atoms with van der Waals surface area (Å²) in [4.78, 5) is 25.3. The number of aromatic nitrogens is 1. The molecule has 0 amide bonds. The lowest BCUT2D eigenvalue weighted by Gasteiger charge is -2.17. The van der Waals surface area contributed by atoms with Crippen molar-refractivity contribution >= 4 is 32.3 Å². The van der Waals surface area contributed by atoms with Gasteiger partial charge in [0.05, 0.1) is 18.2 Å². The Hall–Kier alpha value is -3.54. The Kier molecular flexibility index (Phi) is 2.29. The molecule has 0 saturated carbocycles. The van der Waals surface area contributed by atoms with Gasteiger partial charge >= 0.3 is 5.56 Å². The fraction of sp³-hybridized carbons (Fsp3) is 0.100. The van der Waals surface area contributed by atoms with Gasteiger partial charge in [-0.25, -0.2) is 0 Å². The van der Waals surface area contributed by atoms with Crippen LogP contribution in [0.15, 0.2) is 46.1 Å². The van der Waals surface area contributed by atoms with Gasteiger partial charge in [0, 0.05) is 22.4 Å². The number of ether oxygens (including phenoxy) is 3. The molecule has 0 spiro atoms. The summed E-state index contributed by atoms with van der Waals surface area (Å²) in [5.74, 6) is 1.88. The minimum atomic E-state index is -0.545. The molecule has 0 atom stereocenters. The molecular formula is C20H11NO5. The predicted octanol–water partition coefficient (Wildman–Crippen LogP) is 2.71. The predicted molar refractivity (Wildman–Crippen MR) is 97.1 cm³/mol. The number of pyridine rings is 1. The second-order valence-electron chi connectivity index (χ2n) is 6.38. The van der Waals surface area contributed by atoms with Crippen molar-refractivity contribution in [3.63, 3.8) is 0 Å². The summed E-state index contributed by atoms with van der Waals surface area (Å²) in [6.45, 7) is 0.132. The van der Waals surface area contributed by atoms with E-state index in [0.717, 1.165) is 21.5 Å². The Morgan fingerprint density at radius 3 is 2.77 bits per heavy atom. The van der Waals surface area contributed by atoms with Gasteiger partial charge in [0.1, 0.15) is 5.75 Å². The molecule has 3 aliphatic heterocycles. The molecule has 0 N–H and O–H groups in total. The SMILES string of the molecule is COc1cccc2c3c4c5c(ccn-4c(=O)c3=O)cc3c(c5c12)OCO3. The van der Waals surface area contributed by atoms with Gasteiger partial charge in [0.25, 0.3) is 5.43 Å². The molecule has 0 unspecified atom stereocenters. The fourth-order valence-corrected chi connectivity index (χ4v) is 4.19. The average Bonchev–Trinajstić information content (AvgIpc) is 3.23. The average molecular weight is 345 g/mol. The number of nitrogens with zero attached hydrogens (tertiary/aromatic N) is 1. The van der Waals surface area contributed by atoms with Crippen LogP contribution in [0.2, 0.25) is 0 Å². The summed E-state index contributed by atoms with van der Waals surface area (Å²) in [5.41, 5.74) is -0.432. The number of hydrogen-bond acceptors (Lipinski definition) is 5. The highest BCUT2D eigenvalue weighted by atomic mass is 16.7. The van der Waals surface area contributed by atoms with Crippen LogP contribution in [0.25, 0.3) is 38.0 Å². The van der Waals surface area contributed by atoms with Crippen LogP contribution in [0.5, 0.6) is 17.2 Å². The maximum atomic E-state index is 12.8. The molecule has 0 aromatic heterocycles. The molecule has 3 aromatic rings. The summed E-state index contributed by atoms with van der Waals surface area (Å²) >= 11 is 0. The van der Waals surface area contributed by atoms with Crippen LogP contribution >= 0.6 is 0 Å². The van der Waals surface area contributed by atoms with Crippen molar-refractivity contribution in [2.45, 2.75) is 0 Å². The maximum Gasteiger partial charge on any atom is 0.303 e. The molecule has 6 nitrogen and oxygen atoms in total. The van der Waals surface area contributed by atoms with E-state index >= 15 is 0 Å². The van der Waals surface area contributed by atoms with Gasteiger partial charge in [-0.05, 0) is 29.0 Å². The number of methoxy groups -OCH3 is 1. The summed E-state index contributed by atoms with van der Waals surface area (Å²) in [7, 11) is 1.58. The molecule has 0 fully saturated rings. The van der Waals surface area contributed by atoms with Gasteiger partial charge in [-0.1, -0.05) is 12.1 Å².